The molecule has 0 radical (unpaired) electrons. The summed E-state index contributed by atoms with van der Waals surface area (Å²) in [5, 5.41) is 0. The summed E-state index contributed by atoms with van der Waals surface area (Å²) in [5.74, 6) is 0.0943. The number of halogens is 1. The number of aromatic nitrogens is 4. The molecule has 1 fully saturated rings. The zero-order valence-electron chi connectivity index (χ0n) is 14.8. The topological polar surface area (TPSA) is 60.8 Å². The van der Waals surface area contributed by atoms with E-state index >= 15 is 4.39 Å². The molecule has 1 atom stereocenters. The summed E-state index contributed by atoms with van der Waals surface area (Å²) < 4.78 is 22.1. The molecule has 27 heavy (non-hydrogen) atoms. The molecule has 1 aliphatic carbocycles. The van der Waals surface area contributed by atoms with Crippen LogP contribution < -0.4 is 9.35 Å². The summed E-state index contributed by atoms with van der Waals surface area (Å²) >= 11 is 1.33. The van der Waals surface area contributed by atoms with Crippen LogP contribution in [0.5, 0.6) is 11.8 Å². The summed E-state index contributed by atoms with van der Waals surface area (Å²) in [6.07, 6.45) is 12.1. The molecule has 3 aromatic rings. The monoisotopic (exact) mass is 426 g/mol. The fourth-order valence-electron chi connectivity index (χ4n) is 3.54. The van der Waals surface area contributed by atoms with Crippen LogP contribution in [0.1, 0.15) is 43.6 Å². The molecule has 5 nitrogen and oxygen atoms in total. The maximum atomic E-state index is 15.5. The van der Waals surface area contributed by atoms with Crippen molar-refractivity contribution >= 4 is 21.5 Å². The molecule has 0 aliphatic heterocycles. The Morgan fingerprint density at radius 1 is 0.963 bits per heavy atom. The number of ether oxygens (including phenoxy) is 1. The van der Waals surface area contributed by atoms with Crippen molar-refractivity contribution in [3.63, 3.8) is 0 Å². The van der Waals surface area contributed by atoms with Crippen LogP contribution in [0, 0.1) is 5.82 Å². The van der Waals surface area contributed by atoms with E-state index in [0.29, 0.717) is 15.7 Å². The van der Waals surface area contributed by atoms with Crippen molar-refractivity contribution in [2.24, 2.45) is 0 Å². The zero-order valence-corrected chi connectivity index (χ0v) is 17.2. The van der Waals surface area contributed by atoms with Gasteiger partial charge in [-0.15, -0.1) is 0 Å². The number of nitrogens with zero attached hydrogens (tertiary/aromatic N) is 4. The fourth-order valence-corrected chi connectivity index (χ4v) is 3.85. The predicted octanol–water partition coefficient (Wildman–Crippen LogP) is 3.17. The molecule has 4 rings (SSSR count). The molecule has 0 amide bonds. The Bertz CT molecular complexity index is 915. The van der Waals surface area contributed by atoms with Gasteiger partial charge in [-0.1, -0.05) is 0 Å². The third-order valence-electron chi connectivity index (χ3n) is 4.89. The average Bonchev–Trinajstić information content (AvgIpc) is 2.72. The van der Waals surface area contributed by atoms with Gasteiger partial charge >= 0.3 is 166 Å². The first kappa shape index (κ1) is 18.1. The standard InChI is InChI=1S/C20H20AsFN4O/c21-19-25-11-14(12-26-19)15-7-8-16(13-5-2-1-3-6-13)18(17(15)22)27-20-23-9-4-10-24-20/h4,7-13H,1-3,5-6,21H2. The quantitative estimate of drug-likeness (QED) is 0.600. The fraction of sp³-hybridized carbons (Fsp3) is 0.300. The number of benzene rings is 1. The van der Waals surface area contributed by atoms with Crippen molar-refractivity contribution in [3.8, 4) is 22.9 Å². The third kappa shape index (κ3) is 4.01. The van der Waals surface area contributed by atoms with Gasteiger partial charge < -0.3 is 0 Å². The van der Waals surface area contributed by atoms with Gasteiger partial charge in [0.2, 0.25) is 0 Å². The Kier molecular flexibility index (Phi) is 5.44. The van der Waals surface area contributed by atoms with E-state index in [0.717, 1.165) is 31.2 Å². The van der Waals surface area contributed by atoms with Gasteiger partial charge in [0.15, 0.2) is 0 Å². The normalized spacial score (nSPS) is 14.9. The second kappa shape index (κ2) is 8.13. The van der Waals surface area contributed by atoms with Gasteiger partial charge in [0, 0.05) is 0 Å². The van der Waals surface area contributed by atoms with Gasteiger partial charge in [-0.25, -0.2) is 0 Å². The third-order valence-corrected chi connectivity index (χ3v) is 5.52. The Morgan fingerprint density at radius 2 is 1.67 bits per heavy atom. The molecule has 1 unspecified atom stereocenters. The molecule has 138 valence electrons. The van der Waals surface area contributed by atoms with E-state index < -0.39 is 5.82 Å². The molecule has 7 heteroatoms. The summed E-state index contributed by atoms with van der Waals surface area (Å²) in [6, 6.07) is 5.62. The molecular weight excluding hydrogens is 406 g/mol. The van der Waals surface area contributed by atoms with Crippen LogP contribution in [-0.2, 0) is 0 Å². The first-order valence-electron chi connectivity index (χ1n) is 9.07. The molecule has 0 spiro atoms. The van der Waals surface area contributed by atoms with Crippen LogP contribution in [-0.4, -0.2) is 36.8 Å². The Morgan fingerprint density at radius 3 is 2.37 bits per heavy atom. The molecular formula is C20H20AsFN4O. The number of rotatable bonds is 4. The van der Waals surface area contributed by atoms with Gasteiger partial charge in [0.1, 0.15) is 0 Å². The molecule has 1 saturated carbocycles. The van der Waals surface area contributed by atoms with Crippen molar-refractivity contribution < 1.29 is 9.13 Å². The van der Waals surface area contributed by atoms with Gasteiger partial charge in [0.05, 0.1) is 0 Å². The maximum absolute atomic E-state index is 15.5. The van der Waals surface area contributed by atoms with Crippen LogP contribution in [0.3, 0.4) is 0 Å². The second-order valence-electron chi connectivity index (χ2n) is 6.64. The van der Waals surface area contributed by atoms with Gasteiger partial charge in [-0.05, 0) is 0 Å². The molecule has 1 aliphatic rings. The predicted molar refractivity (Wildman–Crippen MR) is 104 cm³/mol. The second-order valence-corrected chi connectivity index (χ2v) is 7.73. The Balaban J connectivity index is 1.79. The first-order valence-corrected chi connectivity index (χ1v) is 10.3. The summed E-state index contributed by atoms with van der Waals surface area (Å²) in [7, 11) is 0. The van der Waals surface area contributed by atoms with Crippen molar-refractivity contribution in [1.29, 1.82) is 0 Å². The van der Waals surface area contributed by atoms with E-state index in [9.17, 15) is 0 Å². The van der Waals surface area contributed by atoms with E-state index in [4.69, 9.17) is 4.74 Å². The molecule has 0 saturated heterocycles. The summed E-state index contributed by atoms with van der Waals surface area (Å²) in [5.41, 5.74) is 1.94. The van der Waals surface area contributed by atoms with Crippen molar-refractivity contribution in [2.45, 2.75) is 38.0 Å². The first-order chi connectivity index (χ1) is 13.2. The minimum atomic E-state index is -0.413. The van der Waals surface area contributed by atoms with E-state index in [2.05, 4.69) is 19.9 Å². The van der Waals surface area contributed by atoms with Crippen LogP contribution in [0.2, 0.25) is 0 Å². The summed E-state index contributed by atoms with van der Waals surface area (Å²) in [6.45, 7) is 0. The van der Waals surface area contributed by atoms with E-state index in [1.807, 2.05) is 6.07 Å². The van der Waals surface area contributed by atoms with Crippen LogP contribution in [0.15, 0.2) is 43.0 Å². The SMILES string of the molecule is Fc1c(-c2cnc([AsH2])nc2)ccc(C2CCCCC2)c1Oc1ncccn1. The Labute approximate surface area is 166 Å². The summed E-state index contributed by atoms with van der Waals surface area (Å²) in [4.78, 5) is 16.6. The van der Waals surface area contributed by atoms with Crippen LogP contribution in [0.25, 0.3) is 11.1 Å². The van der Waals surface area contributed by atoms with Crippen molar-refractivity contribution in [1.82, 2.24) is 19.9 Å². The molecule has 0 bridgehead atoms. The number of hydrogen-bond acceptors (Lipinski definition) is 5. The van der Waals surface area contributed by atoms with E-state index in [1.54, 1.807) is 36.9 Å². The van der Waals surface area contributed by atoms with Gasteiger partial charge in [-0.3, -0.25) is 0 Å². The minimum absolute atomic E-state index is 0.147. The molecule has 1 aromatic carbocycles. The van der Waals surface area contributed by atoms with Gasteiger partial charge in [0.25, 0.3) is 0 Å². The van der Waals surface area contributed by atoms with Gasteiger partial charge in [-0.2, -0.15) is 0 Å². The van der Waals surface area contributed by atoms with Crippen molar-refractivity contribution in [2.75, 3.05) is 0 Å². The zero-order chi connectivity index (χ0) is 18.6. The Hall–Kier alpha value is -2.33. The van der Waals surface area contributed by atoms with Crippen LogP contribution in [0.4, 0.5) is 4.39 Å². The van der Waals surface area contributed by atoms with Crippen LogP contribution >= 0.6 is 0 Å². The van der Waals surface area contributed by atoms with Crippen molar-refractivity contribution in [3.05, 3.63) is 54.4 Å². The average molecular weight is 426 g/mol. The molecule has 0 N–H and O–H groups in total. The van der Waals surface area contributed by atoms with E-state index in [1.165, 1.54) is 23.3 Å². The number of hydrogen-bond donors (Lipinski definition) is 0. The van der Waals surface area contributed by atoms with E-state index in [-0.39, 0.29) is 17.7 Å². The molecule has 2 heterocycles. The molecule has 2 aromatic heterocycles.